The standard InChI is InChI=1S/C20H22N4OS/c1-14-2-4-15(5-3-14)12-21-19(25)16-6-9-24(10-7-16)18-17-8-11-26-20(17)23-13-22-18/h2-5,8,11,13,16H,6-7,9-10,12H2,1H3,(H,21,25). The summed E-state index contributed by atoms with van der Waals surface area (Å²) in [5.41, 5.74) is 2.37. The lowest BCUT2D eigenvalue weighted by Gasteiger charge is -2.32. The SMILES string of the molecule is Cc1ccc(CNC(=O)C2CCN(c3ncnc4sccc34)CC2)cc1. The van der Waals surface area contributed by atoms with Crippen LogP contribution in [0.15, 0.2) is 42.0 Å². The third kappa shape index (κ3) is 3.55. The van der Waals surface area contributed by atoms with Crippen LogP contribution in [0.3, 0.4) is 0 Å². The number of aryl methyl sites for hydroxylation is 1. The van der Waals surface area contributed by atoms with Gasteiger partial charge in [0.15, 0.2) is 0 Å². The van der Waals surface area contributed by atoms with E-state index in [4.69, 9.17) is 0 Å². The van der Waals surface area contributed by atoms with Gasteiger partial charge in [-0.2, -0.15) is 0 Å². The van der Waals surface area contributed by atoms with Crippen molar-refractivity contribution in [1.29, 1.82) is 0 Å². The van der Waals surface area contributed by atoms with Crippen LogP contribution in [0.5, 0.6) is 0 Å². The summed E-state index contributed by atoms with van der Waals surface area (Å²) >= 11 is 1.63. The predicted molar refractivity (Wildman–Crippen MR) is 105 cm³/mol. The number of nitrogens with zero attached hydrogens (tertiary/aromatic N) is 3. The number of carbonyl (C=O) groups excluding carboxylic acids is 1. The molecule has 1 aromatic carbocycles. The number of amides is 1. The van der Waals surface area contributed by atoms with Crippen molar-refractivity contribution in [2.45, 2.75) is 26.3 Å². The Hall–Kier alpha value is -2.47. The van der Waals surface area contributed by atoms with E-state index in [2.05, 4.69) is 57.4 Å². The minimum absolute atomic E-state index is 0.0801. The first-order chi connectivity index (χ1) is 12.7. The molecule has 6 heteroatoms. The molecule has 4 rings (SSSR count). The van der Waals surface area contributed by atoms with Gasteiger partial charge in [0.05, 0.1) is 5.39 Å². The van der Waals surface area contributed by atoms with Gasteiger partial charge in [0.2, 0.25) is 5.91 Å². The first-order valence-electron chi connectivity index (χ1n) is 8.97. The molecule has 0 atom stereocenters. The number of carbonyl (C=O) groups is 1. The van der Waals surface area contributed by atoms with Crippen LogP contribution in [0.4, 0.5) is 5.82 Å². The van der Waals surface area contributed by atoms with Crippen molar-refractivity contribution in [3.05, 3.63) is 53.2 Å². The van der Waals surface area contributed by atoms with Gasteiger partial charge in [0.25, 0.3) is 0 Å². The van der Waals surface area contributed by atoms with Crippen LogP contribution >= 0.6 is 11.3 Å². The van der Waals surface area contributed by atoms with Gasteiger partial charge in [0, 0.05) is 25.6 Å². The monoisotopic (exact) mass is 366 g/mol. The summed E-state index contributed by atoms with van der Waals surface area (Å²) in [6, 6.07) is 10.4. The zero-order valence-corrected chi connectivity index (χ0v) is 15.6. The summed E-state index contributed by atoms with van der Waals surface area (Å²) in [4.78, 5) is 24.6. The van der Waals surface area contributed by atoms with Crippen LogP contribution in [-0.2, 0) is 11.3 Å². The van der Waals surface area contributed by atoms with E-state index in [1.807, 2.05) is 5.38 Å². The van der Waals surface area contributed by atoms with Crippen molar-refractivity contribution in [3.63, 3.8) is 0 Å². The number of thiophene rings is 1. The molecule has 1 amide bonds. The maximum absolute atomic E-state index is 12.5. The van der Waals surface area contributed by atoms with Crippen molar-refractivity contribution >= 4 is 33.3 Å². The number of benzene rings is 1. The summed E-state index contributed by atoms with van der Waals surface area (Å²) in [5, 5.41) is 6.25. The van der Waals surface area contributed by atoms with Crippen LogP contribution < -0.4 is 10.2 Å². The number of piperidine rings is 1. The number of nitrogens with one attached hydrogen (secondary N) is 1. The Morgan fingerprint density at radius 2 is 1.96 bits per heavy atom. The van der Waals surface area contributed by atoms with Gasteiger partial charge < -0.3 is 10.2 Å². The molecule has 0 aliphatic carbocycles. The van der Waals surface area contributed by atoms with Crippen molar-refractivity contribution < 1.29 is 4.79 Å². The maximum atomic E-state index is 12.5. The molecular formula is C20H22N4OS. The Kier molecular flexibility index (Phi) is 4.84. The number of anilines is 1. The smallest absolute Gasteiger partial charge is 0.223 e. The Morgan fingerprint density at radius 3 is 2.73 bits per heavy atom. The molecule has 1 fully saturated rings. The van der Waals surface area contributed by atoms with Gasteiger partial charge in [-0.1, -0.05) is 29.8 Å². The summed E-state index contributed by atoms with van der Waals surface area (Å²) in [7, 11) is 0. The molecule has 2 aromatic heterocycles. The lowest BCUT2D eigenvalue weighted by Crippen LogP contribution is -2.40. The molecule has 3 heterocycles. The molecule has 0 unspecified atom stereocenters. The molecule has 0 radical (unpaired) electrons. The van der Waals surface area contributed by atoms with E-state index < -0.39 is 0 Å². The highest BCUT2D eigenvalue weighted by Crippen LogP contribution is 2.29. The Balaban J connectivity index is 1.33. The van der Waals surface area contributed by atoms with Gasteiger partial charge >= 0.3 is 0 Å². The maximum Gasteiger partial charge on any atom is 0.223 e. The topological polar surface area (TPSA) is 58.1 Å². The molecular weight excluding hydrogens is 344 g/mol. The van der Waals surface area contributed by atoms with Crippen molar-refractivity contribution in [2.75, 3.05) is 18.0 Å². The highest BCUT2D eigenvalue weighted by Gasteiger charge is 2.26. The molecule has 134 valence electrons. The van der Waals surface area contributed by atoms with E-state index in [-0.39, 0.29) is 11.8 Å². The molecule has 5 nitrogen and oxygen atoms in total. The fraction of sp³-hybridized carbons (Fsp3) is 0.350. The average molecular weight is 366 g/mol. The molecule has 1 aliphatic heterocycles. The zero-order valence-electron chi connectivity index (χ0n) is 14.8. The lowest BCUT2D eigenvalue weighted by atomic mass is 9.95. The van der Waals surface area contributed by atoms with E-state index in [0.29, 0.717) is 6.54 Å². The van der Waals surface area contributed by atoms with E-state index in [1.165, 1.54) is 5.56 Å². The van der Waals surface area contributed by atoms with E-state index in [1.54, 1.807) is 17.7 Å². The van der Waals surface area contributed by atoms with Gasteiger partial charge in [0.1, 0.15) is 17.0 Å². The molecule has 0 spiro atoms. The number of fused-ring (bicyclic) bond motifs is 1. The highest BCUT2D eigenvalue weighted by atomic mass is 32.1. The van der Waals surface area contributed by atoms with Crippen molar-refractivity contribution in [3.8, 4) is 0 Å². The zero-order chi connectivity index (χ0) is 17.9. The fourth-order valence-corrected chi connectivity index (χ4v) is 4.15. The van der Waals surface area contributed by atoms with Crippen molar-refractivity contribution in [1.82, 2.24) is 15.3 Å². The quantitative estimate of drug-likeness (QED) is 0.767. The second-order valence-electron chi connectivity index (χ2n) is 6.80. The summed E-state index contributed by atoms with van der Waals surface area (Å²) < 4.78 is 0. The number of hydrogen-bond donors (Lipinski definition) is 1. The second-order valence-corrected chi connectivity index (χ2v) is 7.70. The van der Waals surface area contributed by atoms with Gasteiger partial charge in [-0.05, 0) is 36.8 Å². The second kappa shape index (κ2) is 7.41. The normalized spacial score (nSPS) is 15.3. The molecule has 1 N–H and O–H groups in total. The number of rotatable bonds is 4. The fourth-order valence-electron chi connectivity index (χ4n) is 3.42. The largest absolute Gasteiger partial charge is 0.356 e. The van der Waals surface area contributed by atoms with Crippen LogP contribution in [0.25, 0.3) is 10.2 Å². The molecule has 26 heavy (non-hydrogen) atoms. The third-order valence-electron chi connectivity index (χ3n) is 4.99. The van der Waals surface area contributed by atoms with Gasteiger partial charge in [-0.25, -0.2) is 9.97 Å². The molecule has 0 saturated carbocycles. The minimum atomic E-state index is 0.0801. The number of hydrogen-bond acceptors (Lipinski definition) is 5. The summed E-state index contributed by atoms with van der Waals surface area (Å²) in [5.74, 6) is 1.24. The van der Waals surface area contributed by atoms with Gasteiger partial charge in [-0.3, -0.25) is 4.79 Å². The molecule has 1 aliphatic rings. The summed E-state index contributed by atoms with van der Waals surface area (Å²) in [6.45, 7) is 4.37. The lowest BCUT2D eigenvalue weighted by molar-refractivity contribution is -0.125. The van der Waals surface area contributed by atoms with E-state index in [0.717, 1.165) is 47.5 Å². The predicted octanol–water partition coefficient (Wildman–Crippen LogP) is 3.53. The Labute approximate surface area is 157 Å². The van der Waals surface area contributed by atoms with Crippen LogP contribution in [0.1, 0.15) is 24.0 Å². The first kappa shape index (κ1) is 17.0. The van der Waals surface area contributed by atoms with Crippen LogP contribution in [0, 0.1) is 12.8 Å². The van der Waals surface area contributed by atoms with Crippen molar-refractivity contribution in [2.24, 2.45) is 5.92 Å². The average Bonchev–Trinajstić information content (AvgIpc) is 3.16. The Morgan fingerprint density at radius 1 is 1.19 bits per heavy atom. The molecule has 0 bridgehead atoms. The highest BCUT2D eigenvalue weighted by molar-refractivity contribution is 7.16. The molecule has 1 saturated heterocycles. The van der Waals surface area contributed by atoms with Crippen LogP contribution in [0.2, 0.25) is 0 Å². The Bertz CT molecular complexity index is 898. The number of aromatic nitrogens is 2. The van der Waals surface area contributed by atoms with E-state index in [9.17, 15) is 4.79 Å². The van der Waals surface area contributed by atoms with Crippen LogP contribution in [-0.4, -0.2) is 29.0 Å². The van der Waals surface area contributed by atoms with E-state index >= 15 is 0 Å². The first-order valence-corrected chi connectivity index (χ1v) is 9.85. The van der Waals surface area contributed by atoms with Gasteiger partial charge in [-0.15, -0.1) is 11.3 Å². The summed E-state index contributed by atoms with van der Waals surface area (Å²) in [6.07, 6.45) is 3.35. The molecule has 3 aromatic rings. The third-order valence-corrected chi connectivity index (χ3v) is 5.81. The minimum Gasteiger partial charge on any atom is -0.356 e.